The molecule has 0 spiro atoms. The molecule has 4 heteroatoms. The highest BCUT2D eigenvalue weighted by atomic mass is 16.5. The maximum Gasteiger partial charge on any atom is 0.257 e. The number of hydrogen-bond acceptors (Lipinski definition) is 3. The van der Waals surface area contributed by atoms with Gasteiger partial charge in [-0.25, -0.2) is 5.06 Å². The average Bonchev–Trinajstić information content (AvgIpc) is 2.72. The Kier molecular flexibility index (Phi) is 2.54. The van der Waals surface area contributed by atoms with E-state index >= 15 is 0 Å². The first kappa shape index (κ1) is 11.7. The van der Waals surface area contributed by atoms with E-state index in [-0.39, 0.29) is 5.91 Å². The summed E-state index contributed by atoms with van der Waals surface area (Å²) < 4.78 is 0. The Balaban J connectivity index is 2.11. The van der Waals surface area contributed by atoms with Gasteiger partial charge in [-0.1, -0.05) is 36.4 Å². The Bertz CT molecular complexity index is 627. The molecule has 0 unspecified atom stereocenters. The van der Waals surface area contributed by atoms with Crippen LogP contribution in [0.5, 0.6) is 0 Å². The number of benzene rings is 2. The second kappa shape index (κ2) is 4.10. The van der Waals surface area contributed by atoms with Gasteiger partial charge in [-0.3, -0.25) is 10.0 Å². The number of hydrogen-bond donors (Lipinski definition) is 2. The first-order valence-corrected chi connectivity index (χ1v) is 6.09. The molecular formula is C15H14N2O2. The van der Waals surface area contributed by atoms with Gasteiger partial charge in [0, 0.05) is 11.3 Å². The van der Waals surface area contributed by atoms with Crippen molar-refractivity contribution in [2.45, 2.75) is 12.5 Å². The Morgan fingerprint density at radius 1 is 1.05 bits per heavy atom. The summed E-state index contributed by atoms with van der Waals surface area (Å²) in [6.07, 6.45) is 0. The largest absolute Gasteiger partial charge is 0.323 e. The molecule has 1 amide bonds. The average molecular weight is 254 g/mol. The molecule has 2 N–H and O–H groups in total. The monoisotopic (exact) mass is 254 g/mol. The fourth-order valence-corrected chi connectivity index (χ4v) is 2.42. The molecule has 0 aromatic heterocycles. The van der Waals surface area contributed by atoms with Crippen LogP contribution in [0.15, 0.2) is 54.6 Å². The summed E-state index contributed by atoms with van der Waals surface area (Å²) in [5, 5.41) is 14.3. The van der Waals surface area contributed by atoms with E-state index in [1.165, 1.54) is 0 Å². The summed E-state index contributed by atoms with van der Waals surface area (Å²) in [6.45, 7) is 1.71. The van der Waals surface area contributed by atoms with Crippen LogP contribution >= 0.6 is 0 Å². The molecule has 19 heavy (non-hydrogen) atoms. The number of rotatable bonds is 2. The molecule has 0 saturated carbocycles. The molecule has 0 radical (unpaired) electrons. The molecule has 2 aromatic rings. The third kappa shape index (κ3) is 1.61. The van der Waals surface area contributed by atoms with E-state index in [2.05, 4.69) is 5.32 Å². The van der Waals surface area contributed by atoms with E-state index in [9.17, 15) is 10.0 Å². The SMILES string of the molecule is C[C@]1(N(O)c2ccccc2)C(=O)Nc2ccccc21. The van der Waals surface area contributed by atoms with Crippen LogP contribution in [0.2, 0.25) is 0 Å². The zero-order valence-electron chi connectivity index (χ0n) is 10.5. The van der Waals surface area contributed by atoms with Crippen molar-refractivity contribution in [2.75, 3.05) is 10.4 Å². The summed E-state index contributed by atoms with van der Waals surface area (Å²) >= 11 is 0. The van der Waals surface area contributed by atoms with E-state index in [0.29, 0.717) is 5.69 Å². The van der Waals surface area contributed by atoms with Gasteiger partial charge in [0.1, 0.15) is 0 Å². The van der Waals surface area contributed by atoms with E-state index in [0.717, 1.165) is 16.3 Å². The summed E-state index contributed by atoms with van der Waals surface area (Å²) in [6, 6.07) is 16.4. The fourth-order valence-electron chi connectivity index (χ4n) is 2.42. The third-order valence-electron chi connectivity index (χ3n) is 3.57. The quantitative estimate of drug-likeness (QED) is 0.810. The summed E-state index contributed by atoms with van der Waals surface area (Å²) in [4.78, 5) is 12.3. The number of para-hydroxylation sites is 2. The van der Waals surface area contributed by atoms with Gasteiger partial charge >= 0.3 is 0 Å². The number of nitrogens with one attached hydrogen (secondary N) is 1. The standard InChI is InChI=1S/C15H14N2O2/c1-15(17(19)11-7-3-2-4-8-11)12-9-5-6-10-13(12)16-14(15)18/h2-10,19H,1H3,(H,16,18)/t15-/m1/s1. The van der Waals surface area contributed by atoms with Crippen molar-refractivity contribution in [3.05, 3.63) is 60.2 Å². The molecule has 0 saturated heterocycles. The molecule has 1 heterocycles. The third-order valence-corrected chi connectivity index (χ3v) is 3.57. The van der Waals surface area contributed by atoms with Gasteiger partial charge in [0.05, 0.1) is 5.69 Å². The maximum absolute atomic E-state index is 12.3. The number of anilines is 2. The molecule has 96 valence electrons. The lowest BCUT2D eigenvalue weighted by Gasteiger charge is -2.32. The second-order valence-corrected chi connectivity index (χ2v) is 4.72. The maximum atomic E-state index is 12.3. The molecule has 3 rings (SSSR count). The fraction of sp³-hybridized carbons (Fsp3) is 0.133. The molecular weight excluding hydrogens is 240 g/mol. The lowest BCUT2D eigenvalue weighted by molar-refractivity contribution is -0.122. The molecule has 0 aliphatic carbocycles. The summed E-state index contributed by atoms with van der Waals surface area (Å²) in [5.41, 5.74) is 0.978. The topological polar surface area (TPSA) is 52.6 Å². The van der Waals surface area contributed by atoms with Crippen molar-refractivity contribution in [3.8, 4) is 0 Å². The van der Waals surface area contributed by atoms with Crippen LogP contribution < -0.4 is 10.4 Å². The van der Waals surface area contributed by atoms with Gasteiger partial charge in [0.2, 0.25) is 0 Å². The van der Waals surface area contributed by atoms with Gasteiger partial charge in [-0.15, -0.1) is 0 Å². The van der Waals surface area contributed by atoms with Gasteiger partial charge < -0.3 is 5.32 Å². The van der Waals surface area contributed by atoms with Crippen LogP contribution in [0, 0.1) is 0 Å². The highest BCUT2D eigenvalue weighted by Gasteiger charge is 2.47. The number of fused-ring (bicyclic) bond motifs is 1. The highest BCUT2D eigenvalue weighted by Crippen LogP contribution is 2.41. The normalized spacial score (nSPS) is 20.8. The van der Waals surface area contributed by atoms with Crippen LogP contribution in [0.25, 0.3) is 0 Å². The second-order valence-electron chi connectivity index (χ2n) is 4.72. The minimum atomic E-state index is -1.11. The van der Waals surface area contributed by atoms with Gasteiger partial charge in [0.25, 0.3) is 5.91 Å². The van der Waals surface area contributed by atoms with E-state index in [1.807, 2.05) is 42.5 Å². The van der Waals surface area contributed by atoms with Gasteiger partial charge in [-0.05, 0) is 25.1 Å². The van der Waals surface area contributed by atoms with E-state index < -0.39 is 5.54 Å². The van der Waals surface area contributed by atoms with Crippen LogP contribution in [0.4, 0.5) is 11.4 Å². The van der Waals surface area contributed by atoms with Crippen molar-refractivity contribution in [1.29, 1.82) is 0 Å². The zero-order valence-corrected chi connectivity index (χ0v) is 10.5. The smallest absolute Gasteiger partial charge is 0.257 e. The predicted molar refractivity (Wildman–Crippen MR) is 73.1 cm³/mol. The Morgan fingerprint density at radius 3 is 2.42 bits per heavy atom. The number of nitrogens with zero attached hydrogens (tertiary/aromatic N) is 1. The number of amides is 1. The van der Waals surface area contributed by atoms with E-state index in [1.54, 1.807) is 19.1 Å². The molecule has 4 nitrogen and oxygen atoms in total. The number of carbonyl (C=O) groups excluding carboxylic acids is 1. The van der Waals surface area contributed by atoms with Crippen LogP contribution in [-0.4, -0.2) is 11.1 Å². The van der Waals surface area contributed by atoms with Crippen molar-refractivity contribution < 1.29 is 10.0 Å². The molecule has 1 aliphatic heterocycles. The van der Waals surface area contributed by atoms with Crippen LogP contribution in [-0.2, 0) is 10.3 Å². The summed E-state index contributed by atoms with van der Waals surface area (Å²) in [5.74, 6) is -0.236. The predicted octanol–water partition coefficient (Wildman–Crippen LogP) is 2.75. The molecule has 1 atom stereocenters. The first-order chi connectivity index (χ1) is 9.14. The van der Waals surface area contributed by atoms with Crippen molar-refractivity contribution in [2.24, 2.45) is 0 Å². The lowest BCUT2D eigenvalue weighted by Crippen LogP contribution is -2.47. The number of carbonyl (C=O) groups is 1. The number of hydroxylamine groups is 1. The molecule has 1 aliphatic rings. The minimum absolute atomic E-state index is 0.236. The van der Waals surface area contributed by atoms with E-state index in [4.69, 9.17) is 0 Å². The Morgan fingerprint density at radius 2 is 1.68 bits per heavy atom. The van der Waals surface area contributed by atoms with Crippen LogP contribution in [0.3, 0.4) is 0 Å². The van der Waals surface area contributed by atoms with Gasteiger partial charge in [-0.2, -0.15) is 0 Å². The molecule has 2 aromatic carbocycles. The Labute approximate surface area is 111 Å². The van der Waals surface area contributed by atoms with Gasteiger partial charge in [0.15, 0.2) is 5.54 Å². The summed E-state index contributed by atoms with van der Waals surface area (Å²) in [7, 11) is 0. The van der Waals surface area contributed by atoms with Crippen molar-refractivity contribution in [3.63, 3.8) is 0 Å². The molecule has 0 fully saturated rings. The first-order valence-electron chi connectivity index (χ1n) is 6.09. The molecule has 0 bridgehead atoms. The Hall–Kier alpha value is -2.33. The van der Waals surface area contributed by atoms with Crippen LogP contribution in [0.1, 0.15) is 12.5 Å². The lowest BCUT2D eigenvalue weighted by atomic mass is 9.92. The van der Waals surface area contributed by atoms with Crippen molar-refractivity contribution in [1.82, 2.24) is 0 Å². The minimum Gasteiger partial charge on any atom is -0.323 e. The van der Waals surface area contributed by atoms with Crippen molar-refractivity contribution >= 4 is 17.3 Å². The zero-order chi connectivity index (χ0) is 13.5. The highest BCUT2D eigenvalue weighted by molar-refractivity contribution is 6.07.